The first-order valence-corrected chi connectivity index (χ1v) is 3.53. The lowest BCUT2D eigenvalue weighted by Crippen LogP contribution is -2.07. The van der Waals surface area contributed by atoms with Crippen molar-refractivity contribution < 1.29 is 4.79 Å². The van der Waals surface area contributed by atoms with E-state index in [2.05, 4.69) is 0 Å². The van der Waals surface area contributed by atoms with Crippen molar-refractivity contribution in [3.8, 4) is 6.07 Å². The molecule has 2 N–H and O–H groups in total. The Bertz CT molecular complexity index is 219. The lowest BCUT2D eigenvalue weighted by Gasteiger charge is -1.97. The van der Waals surface area contributed by atoms with Crippen molar-refractivity contribution in [2.75, 3.05) is 0 Å². The molecule has 60 valence electrons. The van der Waals surface area contributed by atoms with E-state index in [0.29, 0.717) is 12.1 Å². The van der Waals surface area contributed by atoms with Crippen molar-refractivity contribution in [2.24, 2.45) is 5.73 Å². The molecule has 11 heavy (non-hydrogen) atoms. The van der Waals surface area contributed by atoms with Gasteiger partial charge in [-0.15, -0.1) is 0 Å². The van der Waals surface area contributed by atoms with Gasteiger partial charge in [0.1, 0.15) is 11.6 Å². The van der Waals surface area contributed by atoms with Gasteiger partial charge in [0.2, 0.25) is 0 Å². The molecule has 0 aliphatic rings. The highest BCUT2D eigenvalue weighted by Gasteiger charge is 2.08. The molecule has 0 saturated carbocycles. The molecule has 0 heterocycles. The quantitative estimate of drug-likeness (QED) is 0.486. The van der Waals surface area contributed by atoms with Gasteiger partial charge in [-0.3, -0.25) is 4.79 Å². The maximum atomic E-state index is 11.1. The largest absolute Gasteiger partial charge is 0.401 e. The Labute approximate surface area is 66.5 Å². The van der Waals surface area contributed by atoms with Crippen LogP contribution in [0.2, 0.25) is 0 Å². The number of allylic oxidation sites excluding steroid dienone is 2. The average molecular weight is 152 g/mol. The zero-order valence-electron chi connectivity index (χ0n) is 6.85. The van der Waals surface area contributed by atoms with Gasteiger partial charge in [0.15, 0.2) is 5.78 Å². The van der Waals surface area contributed by atoms with Crippen LogP contribution in [0.5, 0.6) is 0 Å². The number of nitriles is 1. The molecule has 0 aromatic heterocycles. The molecule has 3 nitrogen and oxygen atoms in total. The van der Waals surface area contributed by atoms with Crippen LogP contribution in [-0.4, -0.2) is 5.78 Å². The Kier molecular flexibility index (Phi) is 3.97. The summed E-state index contributed by atoms with van der Waals surface area (Å²) in [6.45, 7) is 3.45. The van der Waals surface area contributed by atoms with Crippen molar-refractivity contribution in [3.05, 3.63) is 11.3 Å². The molecule has 0 unspecified atom stereocenters. The monoisotopic (exact) mass is 152 g/mol. The zero-order valence-corrected chi connectivity index (χ0v) is 6.85. The van der Waals surface area contributed by atoms with Crippen LogP contribution in [0.25, 0.3) is 0 Å². The van der Waals surface area contributed by atoms with Gasteiger partial charge >= 0.3 is 0 Å². The van der Waals surface area contributed by atoms with Crippen LogP contribution < -0.4 is 5.73 Å². The summed E-state index contributed by atoms with van der Waals surface area (Å²) in [7, 11) is 0. The van der Waals surface area contributed by atoms with Crippen LogP contribution in [0.3, 0.4) is 0 Å². The first-order chi connectivity index (χ1) is 5.13. The van der Waals surface area contributed by atoms with Crippen molar-refractivity contribution in [1.82, 2.24) is 0 Å². The van der Waals surface area contributed by atoms with Gasteiger partial charge in [-0.25, -0.2) is 0 Å². The van der Waals surface area contributed by atoms with Gasteiger partial charge in [0.25, 0.3) is 0 Å². The molecule has 0 spiro atoms. The van der Waals surface area contributed by atoms with E-state index < -0.39 is 0 Å². The third-order valence-electron chi connectivity index (χ3n) is 1.26. The highest BCUT2D eigenvalue weighted by molar-refractivity contribution is 5.99. The number of ketones is 1. The maximum Gasteiger partial charge on any atom is 0.175 e. The van der Waals surface area contributed by atoms with E-state index in [9.17, 15) is 4.79 Å². The fourth-order valence-corrected chi connectivity index (χ4v) is 0.723. The molecule has 3 heteroatoms. The van der Waals surface area contributed by atoms with Gasteiger partial charge in [0, 0.05) is 12.1 Å². The van der Waals surface area contributed by atoms with E-state index in [-0.39, 0.29) is 11.4 Å². The van der Waals surface area contributed by atoms with E-state index in [4.69, 9.17) is 11.0 Å². The molecule has 0 amide bonds. The summed E-state index contributed by atoms with van der Waals surface area (Å²) in [6.07, 6.45) is 1.15. The van der Waals surface area contributed by atoms with Gasteiger partial charge in [-0.1, -0.05) is 6.92 Å². The molecule has 0 saturated heterocycles. The van der Waals surface area contributed by atoms with E-state index in [0.717, 1.165) is 6.42 Å². The summed E-state index contributed by atoms with van der Waals surface area (Å²) < 4.78 is 0. The number of carbonyl (C=O) groups excluding carboxylic acids is 1. The standard InChI is InChI=1S/C8H12N2O/c1-3-4-8(11)7(5-9)6(2)10/h3-4,10H2,1-2H3/b7-6+. The smallest absolute Gasteiger partial charge is 0.175 e. The second kappa shape index (κ2) is 4.51. The molecule has 0 rings (SSSR count). The topological polar surface area (TPSA) is 66.9 Å². The predicted molar refractivity (Wildman–Crippen MR) is 42.4 cm³/mol. The third kappa shape index (κ3) is 2.85. The zero-order chi connectivity index (χ0) is 8.85. The first kappa shape index (κ1) is 9.70. The van der Waals surface area contributed by atoms with Gasteiger partial charge in [0.05, 0.1) is 0 Å². The van der Waals surface area contributed by atoms with Crippen LogP contribution in [0.1, 0.15) is 26.7 Å². The summed E-state index contributed by atoms with van der Waals surface area (Å²) in [5, 5.41) is 8.48. The number of nitrogens with two attached hydrogens (primary N) is 1. The van der Waals surface area contributed by atoms with Crippen LogP contribution >= 0.6 is 0 Å². The number of hydrogen-bond acceptors (Lipinski definition) is 3. The van der Waals surface area contributed by atoms with Gasteiger partial charge < -0.3 is 5.73 Å². The fraction of sp³-hybridized carbons (Fsp3) is 0.500. The lowest BCUT2D eigenvalue weighted by molar-refractivity contribution is -0.115. The van der Waals surface area contributed by atoms with Crippen molar-refractivity contribution in [2.45, 2.75) is 26.7 Å². The first-order valence-electron chi connectivity index (χ1n) is 3.53. The summed E-state index contributed by atoms with van der Waals surface area (Å²) in [6, 6.07) is 1.79. The Hall–Kier alpha value is -1.30. The number of hydrogen-bond donors (Lipinski definition) is 1. The minimum atomic E-state index is -0.157. The molecule has 0 aromatic carbocycles. The van der Waals surface area contributed by atoms with E-state index in [1.807, 2.05) is 6.92 Å². The number of nitrogens with zero attached hydrogens (tertiary/aromatic N) is 1. The number of Topliss-reactive ketones (excluding diaryl/α,β-unsaturated/α-hetero) is 1. The third-order valence-corrected chi connectivity index (χ3v) is 1.26. The molecule has 0 aliphatic heterocycles. The minimum absolute atomic E-state index is 0.104. The SMILES string of the molecule is CCCC(=O)/C(C#N)=C(\C)N. The lowest BCUT2D eigenvalue weighted by atomic mass is 10.1. The second-order valence-corrected chi connectivity index (χ2v) is 2.34. The summed E-state index contributed by atoms with van der Waals surface area (Å²) in [4.78, 5) is 11.1. The molecule has 0 atom stereocenters. The summed E-state index contributed by atoms with van der Waals surface area (Å²) in [5.41, 5.74) is 5.73. The Morgan fingerprint density at radius 3 is 2.45 bits per heavy atom. The van der Waals surface area contributed by atoms with Crippen molar-refractivity contribution in [3.63, 3.8) is 0 Å². The normalized spacial score (nSPS) is 11.7. The fourth-order valence-electron chi connectivity index (χ4n) is 0.723. The number of rotatable bonds is 3. The molecule has 0 aromatic rings. The van der Waals surface area contributed by atoms with Crippen molar-refractivity contribution >= 4 is 5.78 Å². The minimum Gasteiger partial charge on any atom is -0.401 e. The Morgan fingerprint density at radius 2 is 2.18 bits per heavy atom. The van der Waals surface area contributed by atoms with Crippen LogP contribution in [0, 0.1) is 11.3 Å². The van der Waals surface area contributed by atoms with Crippen molar-refractivity contribution in [1.29, 1.82) is 5.26 Å². The molecule has 0 radical (unpaired) electrons. The molecular formula is C8H12N2O. The summed E-state index contributed by atoms with van der Waals surface area (Å²) >= 11 is 0. The maximum absolute atomic E-state index is 11.1. The van der Waals surface area contributed by atoms with E-state index in [1.54, 1.807) is 13.0 Å². The predicted octanol–water partition coefficient (Wildman–Crippen LogP) is 1.11. The van der Waals surface area contributed by atoms with E-state index >= 15 is 0 Å². The van der Waals surface area contributed by atoms with Crippen LogP contribution in [-0.2, 0) is 4.79 Å². The molecule has 0 aliphatic carbocycles. The van der Waals surface area contributed by atoms with E-state index in [1.165, 1.54) is 0 Å². The molecular weight excluding hydrogens is 140 g/mol. The van der Waals surface area contributed by atoms with Crippen LogP contribution in [0.15, 0.2) is 11.3 Å². The average Bonchev–Trinajstić information content (AvgIpc) is 1.88. The van der Waals surface area contributed by atoms with Gasteiger partial charge in [-0.2, -0.15) is 5.26 Å². The number of carbonyl (C=O) groups is 1. The highest BCUT2D eigenvalue weighted by Crippen LogP contribution is 2.03. The van der Waals surface area contributed by atoms with Gasteiger partial charge in [-0.05, 0) is 13.3 Å². The summed E-state index contributed by atoms with van der Waals surface area (Å²) in [5.74, 6) is -0.157. The Morgan fingerprint density at radius 1 is 1.64 bits per heavy atom. The Balaban J connectivity index is 4.45. The van der Waals surface area contributed by atoms with Crippen LogP contribution in [0.4, 0.5) is 0 Å². The second-order valence-electron chi connectivity index (χ2n) is 2.34. The molecule has 0 bridgehead atoms. The molecule has 0 fully saturated rings. The highest BCUT2D eigenvalue weighted by atomic mass is 16.1.